The molecule has 0 aliphatic carbocycles. The van der Waals surface area contributed by atoms with E-state index >= 15 is 0 Å². The number of rotatable bonds is 5. The Kier molecular flexibility index (Phi) is 6.73. The minimum Gasteiger partial charge on any atom is -0.456 e. The van der Waals surface area contributed by atoms with Crippen LogP contribution in [0.25, 0.3) is 22.3 Å². The number of hydrogen-bond acceptors (Lipinski definition) is 5. The molecule has 1 amide bonds. The third-order valence-corrected chi connectivity index (χ3v) is 5.37. The molecule has 4 aromatic rings. The molecule has 0 saturated heterocycles. The molecule has 1 N–H and O–H groups in total. The van der Waals surface area contributed by atoms with E-state index in [1.54, 1.807) is 30.6 Å². The molecule has 0 fully saturated rings. The quantitative estimate of drug-likeness (QED) is 0.349. The topological polar surface area (TPSA) is 81.2 Å². The lowest BCUT2D eigenvalue weighted by Gasteiger charge is -2.21. The molecule has 35 heavy (non-hydrogen) atoms. The van der Waals surface area contributed by atoms with Crippen molar-refractivity contribution in [1.82, 2.24) is 9.97 Å². The van der Waals surface area contributed by atoms with Crippen molar-refractivity contribution in [2.45, 2.75) is 33.3 Å². The molecular formula is C29H27N3O3. The smallest absolute Gasteiger partial charge is 0.340 e. The lowest BCUT2D eigenvalue weighted by atomic mass is 9.99. The Balaban J connectivity index is 1.72. The largest absolute Gasteiger partial charge is 0.456 e. The first-order valence-corrected chi connectivity index (χ1v) is 11.3. The summed E-state index contributed by atoms with van der Waals surface area (Å²) >= 11 is 0. The van der Waals surface area contributed by atoms with Crippen LogP contribution in [0.15, 0.2) is 85.5 Å². The maximum atomic E-state index is 13.4. The average molecular weight is 466 g/mol. The van der Waals surface area contributed by atoms with Crippen LogP contribution in [0.1, 0.15) is 47.1 Å². The zero-order valence-corrected chi connectivity index (χ0v) is 20.2. The van der Waals surface area contributed by atoms with Gasteiger partial charge in [0.15, 0.2) is 0 Å². The Hall–Kier alpha value is -4.32. The third-order valence-electron chi connectivity index (χ3n) is 5.37. The van der Waals surface area contributed by atoms with Crippen molar-refractivity contribution in [3.05, 3.63) is 102 Å². The standard InChI is InChI=1S/C29H27N3O3/c1-19-10-11-21(23-16-30-18-31-17-23)14-25(19)27(33)32-26-15-22(20-8-6-5-7-9-20)12-13-24(26)28(34)35-29(2,3)4/h5-18H,1-4H3,(H,32,33). The minimum atomic E-state index is -0.668. The molecule has 6 nitrogen and oxygen atoms in total. The summed E-state index contributed by atoms with van der Waals surface area (Å²) in [6.07, 6.45) is 4.86. The van der Waals surface area contributed by atoms with Crippen LogP contribution in [-0.2, 0) is 4.74 Å². The van der Waals surface area contributed by atoms with E-state index in [1.165, 1.54) is 6.33 Å². The van der Waals surface area contributed by atoms with Gasteiger partial charge in [-0.15, -0.1) is 0 Å². The van der Waals surface area contributed by atoms with Gasteiger partial charge in [0.05, 0.1) is 11.3 Å². The van der Waals surface area contributed by atoms with Crippen molar-refractivity contribution in [2.75, 3.05) is 5.32 Å². The summed E-state index contributed by atoms with van der Waals surface area (Å²) in [5, 5.41) is 2.95. The summed E-state index contributed by atoms with van der Waals surface area (Å²) in [4.78, 5) is 34.5. The van der Waals surface area contributed by atoms with Crippen LogP contribution in [-0.4, -0.2) is 27.4 Å². The highest BCUT2D eigenvalue weighted by atomic mass is 16.6. The first kappa shape index (κ1) is 23.8. The number of aryl methyl sites for hydroxylation is 1. The van der Waals surface area contributed by atoms with Crippen LogP contribution in [0.5, 0.6) is 0 Å². The maximum absolute atomic E-state index is 13.4. The van der Waals surface area contributed by atoms with E-state index in [0.717, 1.165) is 27.8 Å². The Morgan fingerprint density at radius 3 is 2.11 bits per heavy atom. The molecule has 0 spiro atoms. The van der Waals surface area contributed by atoms with Gasteiger partial charge in [-0.1, -0.05) is 48.5 Å². The van der Waals surface area contributed by atoms with Crippen LogP contribution >= 0.6 is 0 Å². The summed E-state index contributed by atoms with van der Waals surface area (Å²) in [6.45, 7) is 7.30. The predicted molar refractivity (Wildman–Crippen MR) is 137 cm³/mol. The van der Waals surface area contributed by atoms with Crippen LogP contribution in [0, 0.1) is 6.92 Å². The molecule has 1 aromatic heterocycles. The average Bonchev–Trinajstić information content (AvgIpc) is 2.84. The van der Waals surface area contributed by atoms with Crippen molar-refractivity contribution < 1.29 is 14.3 Å². The number of carbonyl (C=O) groups is 2. The fraction of sp³-hybridized carbons (Fsp3) is 0.172. The molecule has 0 atom stereocenters. The normalized spacial score (nSPS) is 11.1. The summed E-state index contributed by atoms with van der Waals surface area (Å²) in [5.74, 6) is -0.824. The highest BCUT2D eigenvalue weighted by molar-refractivity contribution is 6.09. The number of aromatic nitrogens is 2. The fourth-order valence-electron chi connectivity index (χ4n) is 3.65. The molecule has 6 heteroatoms. The highest BCUT2D eigenvalue weighted by Gasteiger charge is 2.22. The Bertz CT molecular complexity index is 1360. The molecule has 0 bridgehead atoms. The summed E-state index contributed by atoms with van der Waals surface area (Å²) in [7, 11) is 0. The van der Waals surface area contributed by atoms with Gasteiger partial charge >= 0.3 is 5.97 Å². The lowest BCUT2D eigenvalue weighted by Crippen LogP contribution is -2.25. The molecular weight excluding hydrogens is 438 g/mol. The molecule has 176 valence electrons. The first-order chi connectivity index (χ1) is 16.7. The van der Waals surface area contributed by atoms with Crippen molar-refractivity contribution in [2.24, 2.45) is 0 Å². The fourth-order valence-corrected chi connectivity index (χ4v) is 3.65. The van der Waals surface area contributed by atoms with E-state index in [2.05, 4.69) is 15.3 Å². The van der Waals surface area contributed by atoms with Gasteiger partial charge in [-0.2, -0.15) is 0 Å². The Morgan fingerprint density at radius 1 is 0.771 bits per heavy atom. The van der Waals surface area contributed by atoms with E-state index in [9.17, 15) is 9.59 Å². The molecule has 4 rings (SSSR count). The van der Waals surface area contributed by atoms with Crippen molar-refractivity contribution in [3.63, 3.8) is 0 Å². The zero-order valence-electron chi connectivity index (χ0n) is 20.2. The van der Waals surface area contributed by atoms with Crippen LogP contribution in [0.3, 0.4) is 0 Å². The summed E-state index contributed by atoms with van der Waals surface area (Å²) in [5.41, 5.74) is 4.79. The van der Waals surface area contributed by atoms with Crippen molar-refractivity contribution >= 4 is 17.6 Å². The van der Waals surface area contributed by atoms with Gasteiger partial charge in [0, 0.05) is 23.5 Å². The van der Waals surface area contributed by atoms with Gasteiger partial charge in [-0.3, -0.25) is 4.79 Å². The second kappa shape index (κ2) is 9.89. The number of benzene rings is 3. The van der Waals surface area contributed by atoms with E-state index in [0.29, 0.717) is 16.8 Å². The highest BCUT2D eigenvalue weighted by Crippen LogP contribution is 2.29. The first-order valence-electron chi connectivity index (χ1n) is 11.3. The summed E-state index contributed by atoms with van der Waals surface area (Å²) in [6, 6.07) is 20.7. The van der Waals surface area contributed by atoms with Crippen molar-refractivity contribution in [1.29, 1.82) is 0 Å². The maximum Gasteiger partial charge on any atom is 0.340 e. The van der Waals surface area contributed by atoms with Crippen LogP contribution in [0.2, 0.25) is 0 Å². The van der Waals surface area contributed by atoms with Gasteiger partial charge < -0.3 is 10.1 Å². The molecule has 0 saturated carbocycles. The van der Waals surface area contributed by atoms with Gasteiger partial charge in [-0.05, 0) is 68.1 Å². The number of nitrogens with zero attached hydrogens (tertiary/aromatic N) is 2. The lowest BCUT2D eigenvalue weighted by molar-refractivity contribution is 0.00708. The summed E-state index contributed by atoms with van der Waals surface area (Å²) < 4.78 is 5.59. The van der Waals surface area contributed by atoms with Gasteiger partial charge in [-0.25, -0.2) is 14.8 Å². The van der Waals surface area contributed by atoms with Crippen LogP contribution in [0.4, 0.5) is 5.69 Å². The molecule has 0 aliphatic rings. The number of carbonyl (C=O) groups excluding carboxylic acids is 2. The second-order valence-electron chi connectivity index (χ2n) is 9.24. The Labute approximate surface area is 205 Å². The van der Waals surface area contributed by atoms with Crippen molar-refractivity contribution in [3.8, 4) is 22.3 Å². The van der Waals surface area contributed by atoms with Gasteiger partial charge in [0.2, 0.25) is 0 Å². The molecule has 0 aliphatic heterocycles. The van der Waals surface area contributed by atoms with E-state index in [-0.39, 0.29) is 5.91 Å². The molecule has 0 unspecified atom stereocenters. The number of amides is 1. The van der Waals surface area contributed by atoms with Gasteiger partial charge in [0.25, 0.3) is 5.91 Å². The molecule has 0 radical (unpaired) electrons. The predicted octanol–water partition coefficient (Wildman–Crippen LogP) is 6.33. The van der Waals surface area contributed by atoms with E-state index in [1.807, 2.05) is 76.2 Å². The number of anilines is 1. The number of nitrogens with one attached hydrogen (secondary N) is 1. The molecule has 3 aromatic carbocycles. The molecule has 1 heterocycles. The zero-order chi connectivity index (χ0) is 25.0. The van der Waals surface area contributed by atoms with E-state index in [4.69, 9.17) is 4.74 Å². The van der Waals surface area contributed by atoms with Gasteiger partial charge in [0.1, 0.15) is 11.9 Å². The van der Waals surface area contributed by atoms with E-state index < -0.39 is 11.6 Å². The number of ether oxygens (including phenoxy) is 1. The SMILES string of the molecule is Cc1ccc(-c2cncnc2)cc1C(=O)Nc1cc(-c2ccccc2)ccc1C(=O)OC(C)(C)C. The third kappa shape index (κ3) is 5.79. The van der Waals surface area contributed by atoms with Crippen LogP contribution < -0.4 is 5.32 Å². The Morgan fingerprint density at radius 2 is 1.43 bits per heavy atom. The number of hydrogen-bond donors (Lipinski definition) is 1. The second-order valence-corrected chi connectivity index (χ2v) is 9.24. The number of esters is 1. The monoisotopic (exact) mass is 465 g/mol. The minimum absolute atomic E-state index is 0.290.